The third-order valence-corrected chi connectivity index (χ3v) is 2.06. The van der Waals surface area contributed by atoms with Gasteiger partial charge in [0, 0.05) is 4.47 Å². The molecule has 1 rings (SSSR count). The number of hydrogen-bond acceptors (Lipinski definition) is 1. The molecule has 0 aliphatic carbocycles. The Morgan fingerprint density at radius 3 is 2.92 bits per heavy atom. The van der Waals surface area contributed by atoms with E-state index < -0.39 is 0 Å². The van der Waals surface area contributed by atoms with Crippen molar-refractivity contribution in [1.29, 1.82) is 0 Å². The Labute approximate surface area is 81.9 Å². The maximum Gasteiger partial charge on any atom is 0.120 e. The van der Waals surface area contributed by atoms with Crippen molar-refractivity contribution in [3.63, 3.8) is 0 Å². The standard InChI is InChI=1S/C10H13BrO/c1-2-3-7-12-10-6-4-5-9(11)8-10/h4-6,8H,2-3,7H2,1H3. The molecule has 66 valence electrons. The van der Waals surface area contributed by atoms with Gasteiger partial charge in [0.15, 0.2) is 0 Å². The summed E-state index contributed by atoms with van der Waals surface area (Å²) >= 11 is 3.39. The van der Waals surface area contributed by atoms with Crippen LogP contribution in [0.4, 0.5) is 0 Å². The van der Waals surface area contributed by atoms with Crippen molar-refractivity contribution < 1.29 is 4.74 Å². The molecule has 1 nitrogen and oxygen atoms in total. The van der Waals surface area contributed by atoms with Gasteiger partial charge >= 0.3 is 0 Å². The van der Waals surface area contributed by atoms with E-state index in [1.165, 1.54) is 6.42 Å². The summed E-state index contributed by atoms with van der Waals surface area (Å²) in [5, 5.41) is 0. The van der Waals surface area contributed by atoms with E-state index >= 15 is 0 Å². The summed E-state index contributed by atoms with van der Waals surface area (Å²) in [5.41, 5.74) is 0. The van der Waals surface area contributed by atoms with Gasteiger partial charge in [-0.1, -0.05) is 35.3 Å². The van der Waals surface area contributed by atoms with Gasteiger partial charge in [0.2, 0.25) is 0 Å². The maximum absolute atomic E-state index is 5.50. The van der Waals surface area contributed by atoms with Gasteiger partial charge in [0.1, 0.15) is 5.75 Å². The number of halogens is 1. The Balaban J connectivity index is 2.41. The Bertz CT molecular complexity index is 235. The van der Waals surface area contributed by atoms with Crippen LogP contribution in [0.1, 0.15) is 19.8 Å². The summed E-state index contributed by atoms with van der Waals surface area (Å²) in [6.07, 6.45) is 2.29. The first-order chi connectivity index (χ1) is 5.83. The van der Waals surface area contributed by atoms with Crippen LogP contribution < -0.4 is 4.74 Å². The second-order valence-corrected chi connectivity index (χ2v) is 3.58. The lowest BCUT2D eigenvalue weighted by atomic mass is 10.3. The van der Waals surface area contributed by atoms with E-state index in [0.29, 0.717) is 0 Å². The summed E-state index contributed by atoms with van der Waals surface area (Å²) in [6, 6.07) is 7.92. The second-order valence-electron chi connectivity index (χ2n) is 2.66. The number of unbranched alkanes of at least 4 members (excludes halogenated alkanes) is 1. The van der Waals surface area contributed by atoms with Gasteiger partial charge in [-0.25, -0.2) is 0 Å². The topological polar surface area (TPSA) is 9.23 Å². The van der Waals surface area contributed by atoms with Gasteiger partial charge in [0.05, 0.1) is 6.61 Å². The monoisotopic (exact) mass is 228 g/mol. The summed E-state index contributed by atoms with van der Waals surface area (Å²) < 4.78 is 6.56. The molecule has 12 heavy (non-hydrogen) atoms. The lowest BCUT2D eigenvalue weighted by molar-refractivity contribution is 0.309. The molecule has 0 aliphatic rings. The number of hydrogen-bond donors (Lipinski definition) is 0. The molecule has 0 heterocycles. The quantitative estimate of drug-likeness (QED) is 0.716. The van der Waals surface area contributed by atoms with E-state index in [-0.39, 0.29) is 0 Å². The van der Waals surface area contributed by atoms with Crippen molar-refractivity contribution in [3.05, 3.63) is 28.7 Å². The van der Waals surface area contributed by atoms with Crippen molar-refractivity contribution in [2.24, 2.45) is 0 Å². The van der Waals surface area contributed by atoms with Crippen molar-refractivity contribution in [2.75, 3.05) is 6.61 Å². The highest BCUT2D eigenvalue weighted by atomic mass is 79.9. The molecule has 0 atom stereocenters. The zero-order chi connectivity index (χ0) is 8.81. The normalized spacial score (nSPS) is 9.83. The molecule has 1 aromatic rings. The van der Waals surface area contributed by atoms with Crippen LogP contribution in [-0.4, -0.2) is 6.61 Å². The molecule has 0 bridgehead atoms. The molecule has 0 saturated carbocycles. The number of ether oxygens (including phenoxy) is 1. The molecule has 0 radical (unpaired) electrons. The smallest absolute Gasteiger partial charge is 0.120 e. The lowest BCUT2D eigenvalue weighted by Gasteiger charge is -2.04. The average molecular weight is 229 g/mol. The molecule has 0 fully saturated rings. The van der Waals surface area contributed by atoms with Crippen LogP contribution >= 0.6 is 15.9 Å². The fraction of sp³-hybridized carbons (Fsp3) is 0.400. The van der Waals surface area contributed by atoms with Crippen LogP contribution in [0.3, 0.4) is 0 Å². The van der Waals surface area contributed by atoms with E-state index in [0.717, 1.165) is 23.2 Å². The van der Waals surface area contributed by atoms with Crippen LogP contribution in [0, 0.1) is 0 Å². The zero-order valence-corrected chi connectivity index (χ0v) is 8.80. The summed E-state index contributed by atoms with van der Waals surface area (Å²) in [6.45, 7) is 2.97. The van der Waals surface area contributed by atoms with Crippen LogP contribution in [0.15, 0.2) is 28.7 Å². The van der Waals surface area contributed by atoms with Gasteiger partial charge in [-0.2, -0.15) is 0 Å². The predicted molar refractivity (Wildman–Crippen MR) is 54.5 cm³/mol. The fourth-order valence-electron chi connectivity index (χ4n) is 0.891. The van der Waals surface area contributed by atoms with Crippen molar-refractivity contribution >= 4 is 15.9 Å². The highest BCUT2D eigenvalue weighted by Crippen LogP contribution is 2.17. The Hall–Kier alpha value is -0.500. The van der Waals surface area contributed by atoms with E-state index in [4.69, 9.17) is 4.74 Å². The molecule has 0 saturated heterocycles. The molecular formula is C10H13BrO. The second kappa shape index (κ2) is 5.20. The minimum absolute atomic E-state index is 0.812. The van der Waals surface area contributed by atoms with E-state index in [2.05, 4.69) is 22.9 Å². The minimum atomic E-state index is 0.812. The van der Waals surface area contributed by atoms with E-state index in [9.17, 15) is 0 Å². The third-order valence-electron chi connectivity index (χ3n) is 1.56. The molecule has 0 unspecified atom stereocenters. The van der Waals surface area contributed by atoms with Crippen LogP contribution in [0.5, 0.6) is 5.75 Å². The first kappa shape index (κ1) is 9.59. The Morgan fingerprint density at radius 2 is 2.25 bits per heavy atom. The highest BCUT2D eigenvalue weighted by Gasteiger charge is 1.92. The van der Waals surface area contributed by atoms with Gasteiger partial charge in [-0.15, -0.1) is 0 Å². The molecule has 0 aliphatic heterocycles. The van der Waals surface area contributed by atoms with Crippen molar-refractivity contribution in [3.8, 4) is 5.75 Å². The molecule has 2 heteroatoms. The highest BCUT2D eigenvalue weighted by molar-refractivity contribution is 9.10. The average Bonchev–Trinajstić information content (AvgIpc) is 2.05. The summed E-state index contributed by atoms with van der Waals surface area (Å²) in [7, 11) is 0. The molecular weight excluding hydrogens is 216 g/mol. The van der Waals surface area contributed by atoms with E-state index in [1.807, 2.05) is 24.3 Å². The molecule has 0 spiro atoms. The fourth-order valence-corrected chi connectivity index (χ4v) is 1.27. The van der Waals surface area contributed by atoms with E-state index in [1.54, 1.807) is 0 Å². The largest absolute Gasteiger partial charge is 0.494 e. The van der Waals surface area contributed by atoms with Crippen LogP contribution in [0.25, 0.3) is 0 Å². The van der Waals surface area contributed by atoms with Crippen molar-refractivity contribution in [2.45, 2.75) is 19.8 Å². The number of benzene rings is 1. The van der Waals surface area contributed by atoms with Gasteiger partial charge < -0.3 is 4.74 Å². The minimum Gasteiger partial charge on any atom is -0.494 e. The first-order valence-electron chi connectivity index (χ1n) is 4.21. The first-order valence-corrected chi connectivity index (χ1v) is 5.00. The Kier molecular flexibility index (Phi) is 4.15. The molecule has 1 aromatic carbocycles. The summed E-state index contributed by atoms with van der Waals surface area (Å²) in [5.74, 6) is 0.942. The molecule has 0 amide bonds. The molecule has 0 N–H and O–H groups in total. The SMILES string of the molecule is CCCCOc1cccc(Br)c1. The van der Waals surface area contributed by atoms with Gasteiger partial charge in [-0.05, 0) is 24.6 Å². The van der Waals surface area contributed by atoms with Gasteiger partial charge in [0.25, 0.3) is 0 Å². The van der Waals surface area contributed by atoms with Crippen LogP contribution in [0.2, 0.25) is 0 Å². The van der Waals surface area contributed by atoms with Crippen LogP contribution in [-0.2, 0) is 0 Å². The maximum atomic E-state index is 5.50. The zero-order valence-electron chi connectivity index (χ0n) is 7.22. The number of rotatable bonds is 4. The predicted octanol–water partition coefficient (Wildman–Crippen LogP) is 3.63. The lowest BCUT2D eigenvalue weighted by Crippen LogP contribution is -1.95. The van der Waals surface area contributed by atoms with Crippen molar-refractivity contribution in [1.82, 2.24) is 0 Å². The van der Waals surface area contributed by atoms with Gasteiger partial charge in [-0.3, -0.25) is 0 Å². The Morgan fingerprint density at radius 1 is 1.42 bits per heavy atom. The molecule has 0 aromatic heterocycles. The summed E-state index contributed by atoms with van der Waals surface area (Å²) in [4.78, 5) is 0. The third kappa shape index (κ3) is 3.26.